The molecule has 0 aliphatic carbocycles. The van der Waals surface area contributed by atoms with Crippen molar-refractivity contribution in [3.63, 3.8) is 0 Å². The summed E-state index contributed by atoms with van der Waals surface area (Å²) in [6.45, 7) is 0. The SMILES string of the molecule is Nc1cc(Cl)ccc1Oc1ccccc1C(=O)O. The normalized spacial score (nSPS) is 10.1. The Morgan fingerprint density at radius 3 is 2.56 bits per heavy atom. The Labute approximate surface area is 109 Å². The smallest absolute Gasteiger partial charge is 0.339 e. The molecule has 0 aliphatic heterocycles. The van der Waals surface area contributed by atoms with Crippen LogP contribution in [0.2, 0.25) is 5.02 Å². The Morgan fingerprint density at radius 2 is 1.89 bits per heavy atom. The van der Waals surface area contributed by atoms with Gasteiger partial charge in [-0.05, 0) is 30.3 Å². The number of hydrogen-bond donors (Lipinski definition) is 2. The number of para-hydroxylation sites is 1. The molecule has 0 bridgehead atoms. The van der Waals surface area contributed by atoms with Gasteiger partial charge in [-0.1, -0.05) is 23.7 Å². The average Bonchev–Trinajstić information content (AvgIpc) is 2.33. The quantitative estimate of drug-likeness (QED) is 0.833. The number of aromatic carboxylic acids is 1. The zero-order valence-corrected chi connectivity index (χ0v) is 10.0. The van der Waals surface area contributed by atoms with E-state index in [0.29, 0.717) is 16.5 Å². The van der Waals surface area contributed by atoms with Crippen LogP contribution in [-0.2, 0) is 0 Å². The zero-order valence-electron chi connectivity index (χ0n) is 9.26. The van der Waals surface area contributed by atoms with Gasteiger partial charge in [0.05, 0.1) is 5.69 Å². The van der Waals surface area contributed by atoms with Crippen molar-refractivity contribution in [3.8, 4) is 11.5 Å². The molecule has 18 heavy (non-hydrogen) atoms. The predicted octanol–water partition coefficient (Wildman–Crippen LogP) is 3.41. The maximum atomic E-state index is 11.0. The highest BCUT2D eigenvalue weighted by Gasteiger charge is 2.12. The first kappa shape index (κ1) is 12.3. The summed E-state index contributed by atoms with van der Waals surface area (Å²) in [5.41, 5.74) is 6.16. The fourth-order valence-electron chi connectivity index (χ4n) is 1.46. The van der Waals surface area contributed by atoms with Gasteiger partial charge < -0.3 is 15.6 Å². The van der Waals surface area contributed by atoms with Crippen molar-refractivity contribution in [1.82, 2.24) is 0 Å². The molecule has 2 aromatic carbocycles. The summed E-state index contributed by atoms with van der Waals surface area (Å²) in [6.07, 6.45) is 0. The average molecular weight is 264 g/mol. The minimum Gasteiger partial charge on any atom is -0.478 e. The van der Waals surface area contributed by atoms with Crippen LogP contribution in [0.3, 0.4) is 0 Å². The first-order valence-corrected chi connectivity index (χ1v) is 5.51. The first-order valence-electron chi connectivity index (χ1n) is 5.13. The Bertz CT molecular complexity index is 599. The third-order valence-electron chi connectivity index (χ3n) is 2.31. The molecule has 0 spiro atoms. The molecule has 0 saturated heterocycles. The number of carboxylic acids is 1. The molecular formula is C13H10ClNO3. The maximum absolute atomic E-state index is 11.0. The van der Waals surface area contributed by atoms with Crippen LogP contribution in [0, 0.1) is 0 Å². The number of carboxylic acid groups (broad SMARTS) is 1. The second kappa shape index (κ2) is 4.98. The van der Waals surface area contributed by atoms with E-state index in [0.717, 1.165) is 0 Å². The second-order valence-electron chi connectivity index (χ2n) is 3.59. The largest absolute Gasteiger partial charge is 0.478 e. The van der Waals surface area contributed by atoms with E-state index in [1.807, 2.05) is 0 Å². The molecule has 92 valence electrons. The standard InChI is InChI=1S/C13H10ClNO3/c14-8-5-6-12(10(15)7-8)18-11-4-2-1-3-9(11)13(16)17/h1-7H,15H2,(H,16,17). The van der Waals surface area contributed by atoms with Gasteiger partial charge >= 0.3 is 5.97 Å². The highest BCUT2D eigenvalue weighted by atomic mass is 35.5. The molecule has 0 aliphatic rings. The van der Waals surface area contributed by atoms with Gasteiger partial charge in [-0.25, -0.2) is 4.79 Å². The van der Waals surface area contributed by atoms with E-state index in [1.165, 1.54) is 6.07 Å². The summed E-state index contributed by atoms with van der Waals surface area (Å²) in [6, 6.07) is 11.1. The monoisotopic (exact) mass is 263 g/mol. The van der Waals surface area contributed by atoms with Gasteiger partial charge in [0.25, 0.3) is 0 Å². The number of nitrogen functional groups attached to an aromatic ring is 1. The summed E-state index contributed by atoms with van der Waals surface area (Å²) in [7, 11) is 0. The summed E-state index contributed by atoms with van der Waals surface area (Å²) in [5, 5.41) is 9.52. The summed E-state index contributed by atoms with van der Waals surface area (Å²) in [4.78, 5) is 11.0. The summed E-state index contributed by atoms with van der Waals surface area (Å²) >= 11 is 5.77. The van der Waals surface area contributed by atoms with Crippen LogP contribution in [0.5, 0.6) is 11.5 Å². The van der Waals surface area contributed by atoms with Gasteiger partial charge in [0, 0.05) is 5.02 Å². The van der Waals surface area contributed by atoms with Crippen molar-refractivity contribution < 1.29 is 14.6 Å². The van der Waals surface area contributed by atoms with Crippen LogP contribution in [0.1, 0.15) is 10.4 Å². The van der Waals surface area contributed by atoms with Crippen LogP contribution in [0.25, 0.3) is 0 Å². The molecule has 2 aromatic rings. The number of anilines is 1. The molecule has 4 nitrogen and oxygen atoms in total. The van der Waals surface area contributed by atoms with E-state index in [4.69, 9.17) is 27.2 Å². The summed E-state index contributed by atoms with van der Waals surface area (Å²) < 4.78 is 5.49. The lowest BCUT2D eigenvalue weighted by atomic mass is 10.2. The van der Waals surface area contributed by atoms with Gasteiger partial charge in [0.15, 0.2) is 0 Å². The van der Waals surface area contributed by atoms with Crippen molar-refractivity contribution in [3.05, 3.63) is 53.1 Å². The minimum absolute atomic E-state index is 0.0758. The molecule has 0 aromatic heterocycles. The van der Waals surface area contributed by atoms with E-state index >= 15 is 0 Å². The predicted molar refractivity (Wildman–Crippen MR) is 69.3 cm³/mol. The third-order valence-corrected chi connectivity index (χ3v) is 2.54. The Hall–Kier alpha value is -2.20. The maximum Gasteiger partial charge on any atom is 0.339 e. The Balaban J connectivity index is 2.37. The Morgan fingerprint density at radius 1 is 1.17 bits per heavy atom. The van der Waals surface area contributed by atoms with Crippen molar-refractivity contribution in [2.45, 2.75) is 0 Å². The van der Waals surface area contributed by atoms with Gasteiger partial charge in [-0.2, -0.15) is 0 Å². The number of nitrogens with two attached hydrogens (primary N) is 1. The van der Waals surface area contributed by atoms with Crippen molar-refractivity contribution in [2.75, 3.05) is 5.73 Å². The molecule has 0 saturated carbocycles. The molecule has 0 heterocycles. The number of halogens is 1. The number of benzene rings is 2. The van der Waals surface area contributed by atoms with Crippen molar-refractivity contribution in [1.29, 1.82) is 0 Å². The van der Waals surface area contributed by atoms with Crippen LogP contribution in [-0.4, -0.2) is 11.1 Å². The van der Waals surface area contributed by atoms with E-state index in [2.05, 4.69) is 0 Å². The molecule has 5 heteroatoms. The van der Waals surface area contributed by atoms with E-state index in [-0.39, 0.29) is 11.3 Å². The second-order valence-corrected chi connectivity index (χ2v) is 4.02. The number of hydrogen-bond acceptors (Lipinski definition) is 3. The van der Waals surface area contributed by atoms with Crippen LogP contribution < -0.4 is 10.5 Å². The fourth-order valence-corrected chi connectivity index (χ4v) is 1.64. The molecule has 0 atom stereocenters. The highest BCUT2D eigenvalue weighted by Crippen LogP contribution is 2.31. The molecule has 0 amide bonds. The van der Waals surface area contributed by atoms with Gasteiger partial charge in [0.1, 0.15) is 17.1 Å². The van der Waals surface area contributed by atoms with Crippen molar-refractivity contribution in [2.24, 2.45) is 0 Å². The zero-order chi connectivity index (χ0) is 13.1. The van der Waals surface area contributed by atoms with Crippen LogP contribution >= 0.6 is 11.6 Å². The van der Waals surface area contributed by atoms with E-state index < -0.39 is 5.97 Å². The molecule has 3 N–H and O–H groups in total. The number of rotatable bonds is 3. The van der Waals surface area contributed by atoms with Crippen molar-refractivity contribution >= 4 is 23.3 Å². The highest BCUT2D eigenvalue weighted by molar-refractivity contribution is 6.30. The van der Waals surface area contributed by atoms with Crippen LogP contribution in [0.15, 0.2) is 42.5 Å². The lowest BCUT2D eigenvalue weighted by Crippen LogP contribution is -2.00. The summed E-state index contributed by atoms with van der Waals surface area (Å²) in [5.74, 6) is -0.453. The van der Waals surface area contributed by atoms with Crippen LogP contribution in [0.4, 0.5) is 5.69 Å². The van der Waals surface area contributed by atoms with Gasteiger partial charge in [-0.15, -0.1) is 0 Å². The minimum atomic E-state index is -1.06. The molecule has 0 radical (unpaired) electrons. The Kier molecular flexibility index (Phi) is 3.39. The first-order chi connectivity index (χ1) is 8.58. The van der Waals surface area contributed by atoms with E-state index in [9.17, 15) is 4.79 Å². The lowest BCUT2D eigenvalue weighted by Gasteiger charge is -2.10. The topological polar surface area (TPSA) is 72.5 Å². The lowest BCUT2D eigenvalue weighted by molar-refractivity contribution is 0.0694. The molecule has 0 fully saturated rings. The number of carbonyl (C=O) groups is 1. The number of ether oxygens (including phenoxy) is 1. The molecule has 0 unspecified atom stereocenters. The van der Waals surface area contributed by atoms with Gasteiger partial charge in [-0.3, -0.25) is 0 Å². The molecule has 2 rings (SSSR count). The van der Waals surface area contributed by atoms with Gasteiger partial charge in [0.2, 0.25) is 0 Å². The third kappa shape index (κ3) is 2.55. The fraction of sp³-hybridized carbons (Fsp3) is 0. The molecular weight excluding hydrogens is 254 g/mol. The van der Waals surface area contributed by atoms with E-state index in [1.54, 1.807) is 36.4 Å².